The molecule has 4 nitrogen and oxygen atoms in total. The molecule has 2 aromatic rings. The van der Waals surface area contributed by atoms with Crippen LogP contribution in [0.3, 0.4) is 0 Å². The van der Waals surface area contributed by atoms with Crippen LogP contribution in [0.15, 0.2) is 18.2 Å². The van der Waals surface area contributed by atoms with E-state index in [0.29, 0.717) is 0 Å². The summed E-state index contributed by atoms with van der Waals surface area (Å²) in [4.78, 5) is 2.66. The molecule has 52 heavy (non-hydrogen) atoms. The summed E-state index contributed by atoms with van der Waals surface area (Å²) in [5, 5.41) is 9.11. The van der Waals surface area contributed by atoms with Crippen LogP contribution in [0.2, 0.25) is 0 Å². The number of nitrogens with zero attached hydrogens (tertiary/aromatic N) is 4. The van der Waals surface area contributed by atoms with E-state index in [0.717, 1.165) is 12.2 Å². The molecule has 0 fully saturated rings. The quantitative estimate of drug-likeness (QED) is 0.0642. The van der Waals surface area contributed by atoms with Crippen LogP contribution >= 0.6 is 0 Å². The maximum absolute atomic E-state index is 4.58. The van der Waals surface area contributed by atoms with Gasteiger partial charge in [0.05, 0.1) is 12.2 Å². The maximum atomic E-state index is 4.58. The van der Waals surface area contributed by atoms with Crippen molar-refractivity contribution in [2.45, 2.75) is 259 Å². The summed E-state index contributed by atoms with van der Waals surface area (Å²) in [6, 6.07) is 6.49. The Balaban J connectivity index is 1.49. The Morgan fingerprint density at radius 3 is 1.06 bits per heavy atom. The molecule has 0 aliphatic heterocycles. The molecule has 0 N–H and O–H groups in total. The maximum Gasteiger partial charge on any atom is 0.116 e. The van der Waals surface area contributed by atoms with Crippen molar-refractivity contribution in [1.82, 2.24) is 19.9 Å². The molecule has 1 aromatic carbocycles. The van der Waals surface area contributed by atoms with E-state index >= 15 is 0 Å². The lowest BCUT2D eigenvalue weighted by atomic mass is 10.0. The highest BCUT2D eigenvalue weighted by molar-refractivity contribution is 5.77. The standard InChI is InChI=1S/C48H90N4/c1-4-6-8-10-12-14-16-18-20-22-24-26-28-30-32-34-36-38-43-51(45-52-47-42-40-41-46(3)48(47)49-50-52)44-39-37-35-33-31-29-27-25-23-21-19-17-15-13-11-9-7-5-2/h40-42H,4-39,43-45H2,1-3H3. The monoisotopic (exact) mass is 723 g/mol. The molecular formula is C48H90N4. The fourth-order valence-electron chi connectivity index (χ4n) is 8.15. The smallest absolute Gasteiger partial charge is 0.116 e. The highest BCUT2D eigenvalue weighted by Crippen LogP contribution is 2.19. The molecule has 0 atom stereocenters. The SMILES string of the molecule is CCCCCCCCCCCCCCCCCCCCN(CCCCCCCCCCCCCCCCCCCC)Cn1nnc2c(C)cccc21. The van der Waals surface area contributed by atoms with Crippen molar-refractivity contribution < 1.29 is 0 Å². The predicted molar refractivity (Wildman–Crippen MR) is 231 cm³/mol. The molecule has 0 bridgehead atoms. The number of unbranched alkanes of at least 4 members (excludes halogenated alkanes) is 34. The fourth-order valence-corrected chi connectivity index (χ4v) is 8.15. The van der Waals surface area contributed by atoms with Crippen LogP contribution in [0.25, 0.3) is 11.0 Å². The van der Waals surface area contributed by atoms with Gasteiger partial charge < -0.3 is 0 Å². The van der Waals surface area contributed by atoms with Crippen LogP contribution in [0, 0.1) is 6.92 Å². The lowest BCUT2D eigenvalue weighted by Crippen LogP contribution is -2.29. The van der Waals surface area contributed by atoms with Gasteiger partial charge >= 0.3 is 0 Å². The van der Waals surface area contributed by atoms with Gasteiger partial charge in [-0.3, -0.25) is 4.90 Å². The lowest BCUT2D eigenvalue weighted by molar-refractivity contribution is 0.199. The Morgan fingerprint density at radius 2 is 0.731 bits per heavy atom. The van der Waals surface area contributed by atoms with Gasteiger partial charge in [0.25, 0.3) is 0 Å². The van der Waals surface area contributed by atoms with Gasteiger partial charge in [-0.05, 0) is 44.5 Å². The van der Waals surface area contributed by atoms with Crippen molar-refractivity contribution in [3.8, 4) is 0 Å². The highest BCUT2D eigenvalue weighted by Gasteiger charge is 2.11. The van der Waals surface area contributed by atoms with E-state index < -0.39 is 0 Å². The van der Waals surface area contributed by atoms with Crippen molar-refractivity contribution >= 4 is 11.0 Å². The fraction of sp³-hybridized carbons (Fsp3) is 0.875. The topological polar surface area (TPSA) is 34.0 Å². The third-order valence-corrected chi connectivity index (χ3v) is 11.7. The van der Waals surface area contributed by atoms with Crippen molar-refractivity contribution in [3.63, 3.8) is 0 Å². The minimum absolute atomic E-state index is 0.873. The molecule has 0 spiro atoms. The third kappa shape index (κ3) is 25.6. The van der Waals surface area contributed by atoms with E-state index in [1.165, 1.54) is 255 Å². The summed E-state index contributed by atoms with van der Waals surface area (Å²) in [7, 11) is 0. The minimum Gasteiger partial charge on any atom is -0.284 e. The molecule has 0 unspecified atom stereocenters. The van der Waals surface area contributed by atoms with Crippen molar-refractivity contribution in [3.05, 3.63) is 23.8 Å². The van der Waals surface area contributed by atoms with Crippen molar-refractivity contribution in [2.75, 3.05) is 13.1 Å². The molecule has 0 saturated heterocycles. The summed E-state index contributed by atoms with van der Waals surface area (Å²) in [6.45, 7) is 10.0. The first kappa shape index (κ1) is 46.7. The van der Waals surface area contributed by atoms with Gasteiger partial charge in [-0.25, -0.2) is 4.68 Å². The van der Waals surface area contributed by atoms with Gasteiger partial charge in [-0.2, -0.15) is 0 Å². The summed E-state index contributed by atoms with van der Waals surface area (Å²) in [5.74, 6) is 0. The van der Waals surface area contributed by atoms with Crippen LogP contribution in [0.4, 0.5) is 0 Å². The van der Waals surface area contributed by atoms with E-state index in [1.54, 1.807) is 0 Å². The van der Waals surface area contributed by atoms with Crippen LogP contribution < -0.4 is 0 Å². The molecule has 302 valence electrons. The van der Waals surface area contributed by atoms with Crippen LogP contribution in [-0.2, 0) is 6.67 Å². The average Bonchev–Trinajstić information content (AvgIpc) is 3.57. The van der Waals surface area contributed by atoms with Gasteiger partial charge in [-0.15, -0.1) is 5.10 Å². The van der Waals surface area contributed by atoms with E-state index in [1.807, 2.05) is 0 Å². The summed E-state index contributed by atoms with van der Waals surface area (Å²) in [5.41, 5.74) is 3.46. The van der Waals surface area contributed by atoms with E-state index in [-0.39, 0.29) is 0 Å². The van der Waals surface area contributed by atoms with Gasteiger partial charge in [0, 0.05) is 0 Å². The molecule has 1 aromatic heterocycles. The van der Waals surface area contributed by atoms with Gasteiger partial charge in [0.2, 0.25) is 0 Å². The van der Waals surface area contributed by atoms with E-state index in [9.17, 15) is 0 Å². The number of fused-ring (bicyclic) bond motifs is 1. The Bertz CT molecular complexity index is 975. The second-order valence-electron chi connectivity index (χ2n) is 16.8. The van der Waals surface area contributed by atoms with Crippen molar-refractivity contribution in [2.24, 2.45) is 0 Å². The zero-order valence-electron chi connectivity index (χ0n) is 35.6. The molecule has 0 aliphatic carbocycles. The largest absolute Gasteiger partial charge is 0.284 e. The molecule has 1 heterocycles. The second kappa shape index (κ2) is 35.3. The van der Waals surface area contributed by atoms with Crippen LogP contribution in [-0.4, -0.2) is 33.0 Å². The summed E-state index contributed by atoms with van der Waals surface area (Å²) < 4.78 is 2.14. The predicted octanol–water partition coefficient (Wildman–Crippen LogP) is 16.1. The number of benzene rings is 1. The van der Waals surface area contributed by atoms with Crippen LogP contribution in [0.1, 0.15) is 251 Å². The van der Waals surface area contributed by atoms with Crippen LogP contribution in [0.5, 0.6) is 0 Å². The number of hydrogen-bond donors (Lipinski definition) is 0. The Labute approximate surface area is 325 Å². The number of aromatic nitrogens is 3. The summed E-state index contributed by atoms with van der Waals surface area (Å²) in [6.07, 6.45) is 51.6. The number of aryl methyl sites for hydroxylation is 1. The molecule has 0 radical (unpaired) electrons. The highest BCUT2D eigenvalue weighted by atomic mass is 15.5. The number of hydrogen-bond acceptors (Lipinski definition) is 3. The number of rotatable bonds is 40. The molecule has 0 aliphatic rings. The third-order valence-electron chi connectivity index (χ3n) is 11.7. The first-order chi connectivity index (χ1) is 25.8. The molecule has 0 saturated carbocycles. The van der Waals surface area contributed by atoms with Crippen molar-refractivity contribution in [1.29, 1.82) is 0 Å². The van der Waals surface area contributed by atoms with Gasteiger partial charge in [0.15, 0.2) is 0 Å². The lowest BCUT2D eigenvalue weighted by Gasteiger charge is -2.22. The normalized spacial score (nSPS) is 11.8. The minimum atomic E-state index is 0.873. The van der Waals surface area contributed by atoms with E-state index in [4.69, 9.17) is 0 Å². The Morgan fingerprint density at radius 1 is 0.423 bits per heavy atom. The van der Waals surface area contributed by atoms with E-state index in [2.05, 4.69) is 58.9 Å². The molecular weight excluding hydrogens is 633 g/mol. The molecule has 0 amide bonds. The first-order valence-electron chi connectivity index (χ1n) is 23.8. The zero-order chi connectivity index (χ0) is 37.0. The average molecular weight is 723 g/mol. The second-order valence-corrected chi connectivity index (χ2v) is 16.8. The zero-order valence-corrected chi connectivity index (χ0v) is 35.6. The summed E-state index contributed by atoms with van der Waals surface area (Å²) >= 11 is 0. The molecule has 2 rings (SSSR count). The molecule has 4 heteroatoms. The van der Waals surface area contributed by atoms with Gasteiger partial charge in [0.1, 0.15) is 5.52 Å². The van der Waals surface area contributed by atoms with Gasteiger partial charge in [-0.1, -0.05) is 250 Å². The first-order valence-corrected chi connectivity index (χ1v) is 23.8. The Kier molecular flexibility index (Phi) is 31.7. The Hall–Kier alpha value is -1.42.